The van der Waals surface area contributed by atoms with Crippen LogP contribution in [0.2, 0.25) is 0 Å². The average molecular weight is 494 g/mol. The summed E-state index contributed by atoms with van der Waals surface area (Å²) in [7, 11) is 0. The van der Waals surface area contributed by atoms with Crippen LogP contribution in [0.5, 0.6) is 0 Å². The SMILES string of the molecule is Cc1cccc(C(C(=O)NCc2ccccc2)N(C(=O)C(NC(=O)OC(C)(C)C)C(C)C)C2CC2)c1. The lowest BCUT2D eigenvalue weighted by atomic mass is 9.97. The van der Waals surface area contributed by atoms with Crippen molar-refractivity contribution in [3.05, 3.63) is 71.3 Å². The van der Waals surface area contributed by atoms with E-state index in [2.05, 4.69) is 10.6 Å². The van der Waals surface area contributed by atoms with Crippen LogP contribution in [0.25, 0.3) is 0 Å². The maximum absolute atomic E-state index is 14.0. The van der Waals surface area contributed by atoms with Crippen LogP contribution in [-0.2, 0) is 20.9 Å². The minimum absolute atomic E-state index is 0.0628. The molecule has 2 aromatic rings. The van der Waals surface area contributed by atoms with Gasteiger partial charge in [0.1, 0.15) is 17.7 Å². The zero-order valence-electron chi connectivity index (χ0n) is 22.2. The van der Waals surface area contributed by atoms with Crippen molar-refractivity contribution in [1.29, 1.82) is 0 Å². The number of carbonyl (C=O) groups is 3. The molecule has 36 heavy (non-hydrogen) atoms. The van der Waals surface area contributed by atoms with Gasteiger partial charge in [-0.2, -0.15) is 0 Å². The van der Waals surface area contributed by atoms with Gasteiger partial charge in [-0.1, -0.05) is 74.0 Å². The normalized spacial score (nSPS) is 15.1. The van der Waals surface area contributed by atoms with E-state index >= 15 is 0 Å². The van der Waals surface area contributed by atoms with Crippen LogP contribution in [0.3, 0.4) is 0 Å². The maximum atomic E-state index is 14.0. The Balaban J connectivity index is 1.92. The Bertz CT molecular complexity index is 1060. The van der Waals surface area contributed by atoms with Crippen LogP contribution in [0.4, 0.5) is 4.79 Å². The number of hydrogen-bond donors (Lipinski definition) is 2. The Morgan fingerprint density at radius 2 is 1.69 bits per heavy atom. The summed E-state index contributed by atoms with van der Waals surface area (Å²) in [4.78, 5) is 42.0. The number of ether oxygens (including phenoxy) is 1. The molecule has 0 spiro atoms. The molecular formula is C29H39N3O4. The Morgan fingerprint density at radius 3 is 2.25 bits per heavy atom. The molecule has 7 heteroatoms. The van der Waals surface area contributed by atoms with Crippen molar-refractivity contribution in [2.75, 3.05) is 0 Å². The van der Waals surface area contributed by atoms with Gasteiger partial charge in [0, 0.05) is 12.6 Å². The van der Waals surface area contributed by atoms with Crippen LogP contribution < -0.4 is 10.6 Å². The molecule has 0 bridgehead atoms. The highest BCUT2D eigenvalue weighted by atomic mass is 16.6. The van der Waals surface area contributed by atoms with E-state index in [0.717, 1.165) is 29.5 Å². The summed E-state index contributed by atoms with van der Waals surface area (Å²) in [6.07, 6.45) is 0.986. The van der Waals surface area contributed by atoms with Crippen molar-refractivity contribution in [1.82, 2.24) is 15.5 Å². The number of benzene rings is 2. The molecule has 1 aliphatic rings. The average Bonchev–Trinajstić information content (AvgIpc) is 3.63. The van der Waals surface area contributed by atoms with Crippen molar-refractivity contribution in [2.24, 2.45) is 5.92 Å². The molecule has 7 nitrogen and oxygen atoms in total. The zero-order valence-corrected chi connectivity index (χ0v) is 22.2. The van der Waals surface area contributed by atoms with E-state index < -0.39 is 23.8 Å². The Kier molecular flexibility index (Phi) is 8.77. The topological polar surface area (TPSA) is 87.7 Å². The summed E-state index contributed by atoms with van der Waals surface area (Å²) in [6, 6.07) is 15.7. The van der Waals surface area contributed by atoms with Gasteiger partial charge in [0.05, 0.1) is 0 Å². The molecule has 0 aromatic heterocycles. The van der Waals surface area contributed by atoms with Crippen molar-refractivity contribution in [3.8, 4) is 0 Å². The molecule has 1 fully saturated rings. The standard InChI is InChI=1S/C29H39N3O4/c1-19(2)24(31-28(35)36-29(4,5)6)27(34)32(23-15-16-23)25(22-14-10-11-20(3)17-22)26(33)30-18-21-12-8-7-9-13-21/h7-14,17,19,23-25H,15-16,18H2,1-6H3,(H,30,33)(H,31,35). The highest BCUT2D eigenvalue weighted by molar-refractivity contribution is 5.92. The third-order valence-corrected chi connectivity index (χ3v) is 5.99. The third-order valence-electron chi connectivity index (χ3n) is 5.99. The summed E-state index contributed by atoms with van der Waals surface area (Å²) in [5, 5.41) is 5.80. The first-order valence-corrected chi connectivity index (χ1v) is 12.7. The molecule has 0 saturated heterocycles. The Labute approximate surface area is 214 Å². The van der Waals surface area contributed by atoms with E-state index in [1.165, 1.54) is 0 Å². The smallest absolute Gasteiger partial charge is 0.408 e. The fourth-order valence-electron chi connectivity index (χ4n) is 4.14. The van der Waals surface area contributed by atoms with Gasteiger partial charge in [-0.15, -0.1) is 0 Å². The van der Waals surface area contributed by atoms with Gasteiger partial charge >= 0.3 is 6.09 Å². The number of amides is 3. The molecule has 0 radical (unpaired) electrons. The summed E-state index contributed by atoms with van der Waals surface area (Å²) in [5.74, 6) is -0.721. The van der Waals surface area contributed by atoms with Crippen molar-refractivity contribution in [2.45, 2.75) is 84.7 Å². The predicted octanol–water partition coefficient (Wildman–Crippen LogP) is 4.89. The number of hydrogen-bond acceptors (Lipinski definition) is 4. The third kappa shape index (κ3) is 7.57. The molecule has 3 rings (SSSR count). The molecule has 3 amide bonds. The van der Waals surface area contributed by atoms with E-state index in [9.17, 15) is 14.4 Å². The molecule has 2 atom stereocenters. The molecule has 0 heterocycles. The highest BCUT2D eigenvalue weighted by Gasteiger charge is 2.44. The van der Waals surface area contributed by atoms with Crippen molar-refractivity contribution in [3.63, 3.8) is 0 Å². The highest BCUT2D eigenvalue weighted by Crippen LogP contribution is 2.36. The van der Waals surface area contributed by atoms with E-state index in [-0.39, 0.29) is 23.8 Å². The fraction of sp³-hybridized carbons (Fsp3) is 0.483. The van der Waals surface area contributed by atoms with E-state index in [1.807, 2.05) is 75.4 Å². The second-order valence-corrected chi connectivity index (χ2v) is 10.9. The predicted molar refractivity (Wildman–Crippen MR) is 140 cm³/mol. The molecule has 0 aliphatic heterocycles. The fourth-order valence-corrected chi connectivity index (χ4v) is 4.14. The second-order valence-electron chi connectivity index (χ2n) is 10.9. The molecule has 1 saturated carbocycles. The second kappa shape index (κ2) is 11.6. The summed E-state index contributed by atoms with van der Waals surface area (Å²) in [6.45, 7) is 11.4. The zero-order chi connectivity index (χ0) is 26.5. The van der Waals surface area contributed by atoms with Crippen molar-refractivity contribution >= 4 is 17.9 Å². The lowest BCUT2D eigenvalue weighted by Crippen LogP contribution is -2.55. The van der Waals surface area contributed by atoms with E-state index in [4.69, 9.17) is 4.74 Å². The number of aryl methyl sites for hydroxylation is 1. The van der Waals surface area contributed by atoms with Crippen LogP contribution in [0.15, 0.2) is 54.6 Å². The van der Waals surface area contributed by atoms with E-state index in [0.29, 0.717) is 6.54 Å². The summed E-state index contributed by atoms with van der Waals surface area (Å²) >= 11 is 0. The number of carbonyl (C=O) groups excluding carboxylic acids is 3. The van der Waals surface area contributed by atoms with Gasteiger partial charge in [-0.25, -0.2) is 4.79 Å². The Morgan fingerprint density at radius 1 is 1.03 bits per heavy atom. The molecule has 2 N–H and O–H groups in total. The van der Waals surface area contributed by atoms with Crippen LogP contribution in [0, 0.1) is 12.8 Å². The van der Waals surface area contributed by atoms with Crippen LogP contribution in [-0.4, -0.2) is 40.5 Å². The van der Waals surface area contributed by atoms with Crippen LogP contribution >= 0.6 is 0 Å². The number of nitrogens with zero attached hydrogens (tertiary/aromatic N) is 1. The molecule has 1 aliphatic carbocycles. The molecule has 2 unspecified atom stereocenters. The lowest BCUT2D eigenvalue weighted by Gasteiger charge is -2.36. The molecule has 194 valence electrons. The van der Waals surface area contributed by atoms with Gasteiger partial charge in [0.15, 0.2) is 0 Å². The monoisotopic (exact) mass is 493 g/mol. The minimum atomic E-state index is -0.824. The Hall–Kier alpha value is -3.35. The van der Waals surface area contributed by atoms with Crippen molar-refractivity contribution < 1.29 is 19.1 Å². The molecular weight excluding hydrogens is 454 g/mol. The van der Waals surface area contributed by atoms with Crippen LogP contribution in [0.1, 0.15) is 70.2 Å². The molecule has 2 aromatic carbocycles. The van der Waals surface area contributed by atoms with Gasteiger partial charge < -0.3 is 20.3 Å². The largest absolute Gasteiger partial charge is 0.444 e. The quantitative estimate of drug-likeness (QED) is 0.521. The van der Waals surface area contributed by atoms with E-state index in [1.54, 1.807) is 25.7 Å². The van der Waals surface area contributed by atoms with Gasteiger partial charge in [-0.05, 0) is 57.6 Å². The lowest BCUT2D eigenvalue weighted by molar-refractivity contribution is -0.144. The number of alkyl carbamates (subject to hydrolysis) is 1. The van der Waals surface area contributed by atoms with Gasteiger partial charge in [-0.3, -0.25) is 9.59 Å². The first-order valence-electron chi connectivity index (χ1n) is 12.7. The first-order chi connectivity index (χ1) is 17.0. The summed E-state index contributed by atoms with van der Waals surface area (Å²) < 4.78 is 5.42. The first kappa shape index (κ1) is 27.2. The minimum Gasteiger partial charge on any atom is -0.444 e. The maximum Gasteiger partial charge on any atom is 0.408 e. The van der Waals surface area contributed by atoms with Gasteiger partial charge in [0.2, 0.25) is 11.8 Å². The number of nitrogens with one attached hydrogen (secondary N) is 2. The summed E-state index contributed by atoms with van der Waals surface area (Å²) in [5.41, 5.74) is 2.04. The van der Waals surface area contributed by atoms with Gasteiger partial charge in [0.25, 0.3) is 0 Å². The number of rotatable bonds is 9.